The van der Waals surface area contributed by atoms with Gasteiger partial charge < -0.3 is 19.3 Å². The molecule has 1 N–H and O–H groups in total. The van der Waals surface area contributed by atoms with Gasteiger partial charge in [-0.15, -0.1) is 0 Å². The van der Waals surface area contributed by atoms with Crippen molar-refractivity contribution < 1.29 is 25.2 Å². The smallest absolute Gasteiger partial charge is 0.255 e. The topological polar surface area (TPSA) is 94.7 Å². The number of piperidine rings is 2. The van der Waals surface area contributed by atoms with Crippen LogP contribution in [-0.2, 0) is 27.4 Å². The largest absolute Gasteiger partial charge is 0.492 e. The molecule has 234 valence electrons. The van der Waals surface area contributed by atoms with E-state index in [9.17, 15) is 14.4 Å². The summed E-state index contributed by atoms with van der Waals surface area (Å²) in [5.74, 6) is -0.105. The molecule has 0 spiro atoms. The minimum absolute atomic E-state index is 0.00512. The van der Waals surface area contributed by atoms with Gasteiger partial charge in [0.15, 0.2) is 0 Å². The molecule has 10 nitrogen and oxygen atoms in total. The zero-order valence-electron chi connectivity index (χ0n) is 26.3. The average molecular weight is 603 g/mol. The molecule has 0 aliphatic carbocycles. The number of carbonyl (C=O) groups is 3. The molecule has 5 aliphatic rings. The van der Waals surface area contributed by atoms with Gasteiger partial charge in [-0.2, -0.15) is 0 Å². The number of rotatable bonds is 9. The Kier molecular flexibility index (Phi) is 8.20. The number of piperazine rings is 1. The zero-order chi connectivity index (χ0) is 31.0. The molecule has 7 rings (SSSR count). The second kappa shape index (κ2) is 12.9. The molecule has 10 heteroatoms. The predicted octanol–water partition coefficient (Wildman–Crippen LogP) is 2.65. The van der Waals surface area contributed by atoms with Gasteiger partial charge in [-0.05, 0) is 67.3 Å². The van der Waals surface area contributed by atoms with E-state index in [0.29, 0.717) is 29.9 Å². The summed E-state index contributed by atoms with van der Waals surface area (Å²) in [6.45, 7) is 9.96. The predicted molar refractivity (Wildman–Crippen MR) is 165 cm³/mol. The average Bonchev–Trinajstić information content (AvgIpc) is 3.37. The van der Waals surface area contributed by atoms with Gasteiger partial charge in [0.2, 0.25) is 11.8 Å². The number of carbonyl (C=O) groups excluding carboxylic acids is 3. The van der Waals surface area contributed by atoms with Crippen molar-refractivity contribution in [1.82, 2.24) is 20.0 Å². The van der Waals surface area contributed by atoms with Gasteiger partial charge in [-0.3, -0.25) is 29.5 Å². The summed E-state index contributed by atoms with van der Waals surface area (Å²) in [7, 11) is 0. The minimum Gasteiger partial charge on any atom is -0.492 e. The number of anilines is 1. The first kappa shape index (κ1) is 28.0. The van der Waals surface area contributed by atoms with Crippen molar-refractivity contribution in [2.45, 2.75) is 57.3 Å². The van der Waals surface area contributed by atoms with E-state index in [2.05, 4.69) is 44.3 Å². The van der Waals surface area contributed by atoms with E-state index in [4.69, 9.17) is 10.8 Å². The Hall–Kier alpha value is -3.47. The highest BCUT2D eigenvalue weighted by Crippen LogP contribution is 2.31. The molecule has 0 radical (unpaired) electrons. The molecule has 1 unspecified atom stereocenters. The van der Waals surface area contributed by atoms with Gasteiger partial charge in [0.25, 0.3) is 5.91 Å². The molecule has 4 saturated heterocycles. The quantitative estimate of drug-likeness (QED) is 0.438. The summed E-state index contributed by atoms with van der Waals surface area (Å²) in [5.41, 5.74) is 3.82. The number of likely N-dealkylation sites (tertiary alicyclic amines) is 1. The fourth-order valence-corrected chi connectivity index (χ4v) is 7.11. The maximum atomic E-state index is 13.1. The normalized spacial score (nSPS) is 27.1. The zero-order valence-corrected chi connectivity index (χ0v) is 25.3. The first-order chi connectivity index (χ1) is 21.9. The number of amides is 3. The molecule has 3 amide bonds. The number of nitrogens with one attached hydrogen (secondary N) is 1. The number of nitrogens with zero attached hydrogens (tertiary/aromatic N) is 4. The number of fused-ring (bicyclic) bond motifs is 1. The van der Waals surface area contributed by atoms with Crippen LogP contribution in [0.2, 0.25) is 0 Å². The van der Waals surface area contributed by atoms with Gasteiger partial charge in [0.05, 0.1) is 14.6 Å². The van der Waals surface area contributed by atoms with E-state index in [1.807, 2.05) is 6.07 Å². The van der Waals surface area contributed by atoms with Crippen LogP contribution in [0.3, 0.4) is 0 Å². The third-order valence-corrected chi connectivity index (χ3v) is 9.78. The van der Waals surface area contributed by atoms with Gasteiger partial charge >= 0.3 is 0 Å². The van der Waals surface area contributed by atoms with Gasteiger partial charge in [0, 0.05) is 75.4 Å². The molecule has 44 heavy (non-hydrogen) atoms. The second-order valence-electron chi connectivity index (χ2n) is 12.8. The Bertz CT molecular complexity index is 1430. The molecule has 0 saturated carbocycles. The van der Waals surface area contributed by atoms with Crippen LogP contribution in [0.1, 0.15) is 55.0 Å². The van der Waals surface area contributed by atoms with Crippen molar-refractivity contribution in [3.05, 3.63) is 59.2 Å². The first-order valence-electron chi connectivity index (χ1n) is 16.7. The standard InChI is InChI=1S/C34H43N5O5/c40-32-11-10-31(33(41)35-32)39-20-26-17-29(8-9-30(26)34(39)42)44-23-28-3-1-2-12-38(28)19-24-4-6-27(7-5-24)37-15-13-36(14-16-37)18-25-21-43-22-25/h4-9,17,25,28,31H,1-3,10-16,18-23H2,(H,35,40,41)/t28-,31?/m1/s1/i31D. The summed E-state index contributed by atoms with van der Waals surface area (Å²) in [6, 6.07) is 13.0. The van der Waals surface area contributed by atoms with E-state index in [0.717, 1.165) is 71.0 Å². The molecule has 5 heterocycles. The summed E-state index contributed by atoms with van der Waals surface area (Å²) in [5, 5.41) is 2.22. The van der Waals surface area contributed by atoms with Crippen molar-refractivity contribution in [2.75, 3.05) is 64.0 Å². The van der Waals surface area contributed by atoms with E-state index < -0.39 is 17.8 Å². The van der Waals surface area contributed by atoms with E-state index >= 15 is 0 Å². The van der Waals surface area contributed by atoms with Crippen molar-refractivity contribution >= 4 is 23.4 Å². The molecule has 2 aromatic rings. The van der Waals surface area contributed by atoms with Crippen LogP contribution in [0.5, 0.6) is 5.75 Å². The summed E-state index contributed by atoms with van der Waals surface area (Å²) >= 11 is 0. The van der Waals surface area contributed by atoms with E-state index in [-0.39, 0.29) is 25.3 Å². The highest BCUT2D eigenvalue weighted by atomic mass is 16.5. The monoisotopic (exact) mass is 602 g/mol. The number of ether oxygens (including phenoxy) is 2. The first-order valence-corrected chi connectivity index (χ1v) is 16.2. The van der Waals surface area contributed by atoms with Crippen LogP contribution in [-0.4, -0.2) is 104 Å². The number of benzene rings is 2. The van der Waals surface area contributed by atoms with Crippen LogP contribution in [0.25, 0.3) is 0 Å². The van der Waals surface area contributed by atoms with E-state index in [1.165, 1.54) is 29.0 Å². The Morgan fingerprint density at radius 2 is 1.77 bits per heavy atom. The van der Waals surface area contributed by atoms with Gasteiger partial charge in [-0.25, -0.2) is 0 Å². The summed E-state index contributed by atoms with van der Waals surface area (Å²) in [6.07, 6.45) is 3.46. The van der Waals surface area contributed by atoms with Crippen molar-refractivity contribution in [2.24, 2.45) is 5.92 Å². The Labute approximate surface area is 260 Å². The lowest BCUT2D eigenvalue weighted by Crippen LogP contribution is -2.52. The van der Waals surface area contributed by atoms with Crippen LogP contribution in [0.4, 0.5) is 5.69 Å². The maximum absolute atomic E-state index is 13.1. The lowest BCUT2D eigenvalue weighted by atomic mass is 10.0. The minimum atomic E-state index is -1.79. The van der Waals surface area contributed by atoms with Crippen LogP contribution in [0.15, 0.2) is 42.5 Å². The van der Waals surface area contributed by atoms with Gasteiger partial charge in [0.1, 0.15) is 18.4 Å². The van der Waals surface area contributed by atoms with E-state index in [1.54, 1.807) is 12.1 Å². The van der Waals surface area contributed by atoms with Gasteiger partial charge in [-0.1, -0.05) is 18.6 Å². The SMILES string of the molecule is [2H]C1(N2Cc3cc(OC[C@H]4CCCCN4Cc4ccc(N5CCN(CC6COC6)CC5)cc4)ccc3C2=O)CCC(=O)NC1=O. The van der Waals surface area contributed by atoms with Crippen molar-refractivity contribution in [3.63, 3.8) is 0 Å². The highest BCUT2D eigenvalue weighted by molar-refractivity contribution is 6.05. The number of hydrogen-bond acceptors (Lipinski definition) is 8. The Balaban J connectivity index is 0.928. The molecular formula is C34H43N5O5. The molecule has 0 aromatic heterocycles. The molecule has 0 bridgehead atoms. The van der Waals surface area contributed by atoms with Crippen molar-refractivity contribution in [3.8, 4) is 5.75 Å². The molecule has 4 fully saturated rings. The van der Waals surface area contributed by atoms with Crippen LogP contribution in [0, 0.1) is 5.92 Å². The highest BCUT2D eigenvalue weighted by Gasteiger charge is 2.39. The lowest BCUT2D eigenvalue weighted by molar-refractivity contribution is -0.136. The fraction of sp³-hybridized carbons (Fsp3) is 0.559. The second-order valence-corrected chi connectivity index (χ2v) is 12.8. The van der Waals surface area contributed by atoms with Crippen molar-refractivity contribution in [1.29, 1.82) is 0 Å². The van der Waals surface area contributed by atoms with Crippen LogP contribution >= 0.6 is 0 Å². The maximum Gasteiger partial charge on any atom is 0.255 e. The fourth-order valence-electron chi connectivity index (χ4n) is 7.11. The third kappa shape index (κ3) is 6.34. The summed E-state index contributed by atoms with van der Waals surface area (Å²) < 4.78 is 20.3. The summed E-state index contributed by atoms with van der Waals surface area (Å²) in [4.78, 5) is 46.1. The molecule has 2 atom stereocenters. The molecule has 5 aliphatic heterocycles. The Morgan fingerprint density at radius 1 is 0.955 bits per heavy atom. The Morgan fingerprint density at radius 3 is 2.52 bits per heavy atom. The molecular weight excluding hydrogens is 558 g/mol. The number of imide groups is 1. The van der Waals surface area contributed by atoms with Crippen LogP contribution < -0.4 is 15.0 Å². The molecule has 2 aromatic carbocycles. The lowest BCUT2D eigenvalue weighted by Gasteiger charge is -2.39. The third-order valence-electron chi connectivity index (χ3n) is 9.78. The number of hydrogen-bond donors (Lipinski definition) is 1.